The summed E-state index contributed by atoms with van der Waals surface area (Å²) in [4.78, 5) is 23.6. The number of hydrogen-bond donors (Lipinski definition) is 0. The molecule has 0 aromatic heterocycles. The topological polar surface area (TPSA) is 80.3 Å². The van der Waals surface area contributed by atoms with Crippen LogP contribution < -0.4 is 0 Å². The van der Waals surface area contributed by atoms with Gasteiger partial charge in [-0.2, -0.15) is 0 Å². The summed E-state index contributed by atoms with van der Waals surface area (Å²) in [5.74, 6) is -1.80. The zero-order valence-corrected chi connectivity index (χ0v) is 13.0. The molecule has 0 fully saturated rings. The van der Waals surface area contributed by atoms with Crippen molar-refractivity contribution < 1.29 is 33.3 Å². The van der Waals surface area contributed by atoms with Gasteiger partial charge in [0.2, 0.25) is 0 Å². The Morgan fingerprint density at radius 3 is 2.29 bits per heavy atom. The molecule has 1 aliphatic heterocycles. The Balaban J connectivity index is 3.14. The lowest BCUT2D eigenvalue weighted by molar-refractivity contribution is -0.180. The van der Waals surface area contributed by atoms with E-state index in [1.54, 1.807) is 0 Å². The normalized spacial score (nSPS) is 25.0. The van der Waals surface area contributed by atoms with E-state index >= 15 is 0 Å². The summed E-state index contributed by atoms with van der Waals surface area (Å²) in [6.07, 6.45) is 0.433. The molecule has 0 amide bonds. The van der Waals surface area contributed by atoms with Gasteiger partial charge in [-0.3, -0.25) is 4.79 Å². The second kappa shape index (κ2) is 7.99. The molecule has 1 rings (SSSR count). The van der Waals surface area contributed by atoms with Crippen LogP contribution in [-0.4, -0.2) is 52.8 Å². The van der Waals surface area contributed by atoms with Gasteiger partial charge >= 0.3 is 11.9 Å². The molecule has 0 unspecified atom stereocenters. The number of carbonyl (C=O) groups is 2. The number of carbonyl (C=O) groups excluding carboxylic acids is 2. The Bertz CT molecular complexity index is 400. The van der Waals surface area contributed by atoms with Crippen molar-refractivity contribution in [1.29, 1.82) is 0 Å². The lowest BCUT2D eigenvalue weighted by Gasteiger charge is -2.38. The lowest BCUT2D eigenvalue weighted by atomic mass is 9.78. The molecular weight excluding hydrogens is 280 g/mol. The maximum atomic E-state index is 11.9. The maximum Gasteiger partial charge on any atom is 0.337 e. The van der Waals surface area contributed by atoms with Gasteiger partial charge < -0.3 is 23.7 Å². The number of methoxy groups -OCH3 is 4. The van der Waals surface area contributed by atoms with Crippen molar-refractivity contribution in [2.45, 2.75) is 25.7 Å². The Kier molecular flexibility index (Phi) is 6.64. The maximum absolute atomic E-state index is 11.9. The smallest absolute Gasteiger partial charge is 0.337 e. The first kappa shape index (κ1) is 17.5. The van der Waals surface area contributed by atoms with Gasteiger partial charge in [-0.1, -0.05) is 0 Å². The highest BCUT2D eigenvalue weighted by molar-refractivity contribution is 5.89. The second-order valence-corrected chi connectivity index (χ2v) is 4.71. The van der Waals surface area contributed by atoms with E-state index in [1.807, 2.05) is 6.92 Å². The van der Waals surface area contributed by atoms with E-state index in [4.69, 9.17) is 23.7 Å². The minimum absolute atomic E-state index is 0.0129. The molecule has 0 spiro atoms. The minimum atomic E-state index is -0.622. The molecular formula is C14H22O7. The molecule has 3 atom stereocenters. The highest BCUT2D eigenvalue weighted by Gasteiger charge is 2.43. The Morgan fingerprint density at radius 2 is 1.81 bits per heavy atom. The molecule has 120 valence electrons. The SMILES string of the molecule is COC(=O)C[C@@H]1C(C(=O)OC)=CO[C@@H](C)[C@@H]1C(OC)OC. The van der Waals surface area contributed by atoms with Crippen LogP contribution >= 0.6 is 0 Å². The summed E-state index contributed by atoms with van der Waals surface area (Å²) in [7, 11) is 5.56. The fourth-order valence-corrected chi connectivity index (χ4v) is 2.54. The third-order valence-corrected chi connectivity index (χ3v) is 3.63. The van der Waals surface area contributed by atoms with Crippen molar-refractivity contribution in [3.63, 3.8) is 0 Å². The zero-order valence-electron chi connectivity index (χ0n) is 13.0. The summed E-state index contributed by atoms with van der Waals surface area (Å²) in [6, 6.07) is 0. The number of rotatable bonds is 6. The van der Waals surface area contributed by atoms with E-state index in [9.17, 15) is 9.59 Å². The van der Waals surface area contributed by atoms with Gasteiger partial charge in [-0.25, -0.2) is 4.79 Å². The van der Waals surface area contributed by atoms with Crippen LogP contribution in [0.15, 0.2) is 11.8 Å². The van der Waals surface area contributed by atoms with Crippen molar-refractivity contribution in [3.8, 4) is 0 Å². The summed E-state index contributed by atoms with van der Waals surface area (Å²) >= 11 is 0. The van der Waals surface area contributed by atoms with Gasteiger partial charge in [-0.15, -0.1) is 0 Å². The summed E-state index contributed by atoms with van der Waals surface area (Å²) in [6.45, 7) is 1.82. The summed E-state index contributed by atoms with van der Waals surface area (Å²) in [5, 5.41) is 0. The number of esters is 2. The quantitative estimate of drug-likeness (QED) is 0.532. The predicted molar refractivity (Wildman–Crippen MR) is 72.1 cm³/mol. The standard InChI is InChI=1S/C14H22O7/c1-8-12(14(19-4)20-5)9(6-11(15)17-2)10(7-21-8)13(16)18-3/h7-9,12,14H,6H2,1-5H3/t8-,9+,12-/m0/s1. The van der Waals surface area contributed by atoms with Crippen LogP contribution in [0.4, 0.5) is 0 Å². The third-order valence-electron chi connectivity index (χ3n) is 3.63. The van der Waals surface area contributed by atoms with Gasteiger partial charge in [-0.05, 0) is 6.92 Å². The molecule has 7 nitrogen and oxygen atoms in total. The fraction of sp³-hybridized carbons (Fsp3) is 0.714. The van der Waals surface area contributed by atoms with Crippen LogP contribution in [0.2, 0.25) is 0 Å². The van der Waals surface area contributed by atoms with Crippen molar-refractivity contribution in [2.24, 2.45) is 11.8 Å². The van der Waals surface area contributed by atoms with E-state index < -0.39 is 24.1 Å². The van der Waals surface area contributed by atoms with Crippen LogP contribution in [0.1, 0.15) is 13.3 Å². The summed E-state index contributed by atoms with van der Waals surface area (Å²) in [5.41, 5.74) is 0.269. The van der Waals surface area contributed by atoms with Crippen LogP contribution in [0.5, 0.6) is 0 Å². The van der Waals surface area contributed by atoms with E-state index in [2.05, 4.69) is 0 Å². The third kappa shape index (κ3) is 3.95. The van der Waals surface area contributed by atoms with Crippen LogP contribution in [0.3, 0.4) is 0 Å². The molecule has 0 aromatic rings. The molecule has 0 bridgehead atoms. The highest BCUT2D eigenvalue weighted by Crippen LogP contribution is 2.37. The molecule has 21 heavy (non-hydrogen) atoms. The first-order valence-electron chi connectivity index (χ1n) is 6.56. The van der Waals surface area contributed by atoms with Crippen LogP contribution in [0.25, 0.3) is 0 Å². The van der Waals surface area contributed by atoms with Crippen molar-refractivity contribution in [3.05, 3.63) is 11.8 Å². The van der Waals surface area contributed by atoms with Gasteiger partial charge in [0.05, 0.1) is 38.4 Å². The van der Waals surface area contributed by atoms with Crippen molar-refractivity contribution in [1.82, 2.24) is 0 Å². The van der Waals surface area contributed by atoms with E-state index in [1.165, 1.54) is 34.7 Å². The molecule has 0 saturated heterocycles. The van der Waals surface area contributed by atoms with Crippen LogP contribution in [0, 0.1) is 11.8 Å². The van der Waals surface area contributed by atoms with Gasteiger partial charge in [0.1, 0.15) is 6.10 Å². The Labute approximate surface area is 124 Å². The van der Waals surface area contributed by atoms with Crippen LogP contribution in [-0.2, 0) is 33.3 Å². The number of hydrogen-bond acceptors (Lipinski definition) is 7. The predicted octanol–water partition coefficient (Wildman–Crippen LogP) is 0.876. The molecule has 0 aliphatic carbocycles. The van der Waals surface area contributed by atoms with E-state index in [0.29, 0.717) is 0 Å². The average Bonchev–Trinajstić information content (AvgIpc) is 2.50. The molecule has 1 heterocycles. The molecule has 1 aliphatic rings. The van der Waals surface area contributed by atoms with E-state index in [0.717, 1.165) is 0 Å². The first-order chi connectivity index (χ1) is 9.99. The summed E-state index contributed by atoms with van der Waals surface area (Å²) < 4.78 is 25.5. The lowest BCUT2D eigenvalue weighted by Crippen LogP contribution is -2.44. The molecule has 0 saturated carbocycles. The van der Waals surface area contributed by atoms with Crippen molar-refractivity contribution >= 4 is 11.9 Å². The largest absolute Gasteiger partial charge is 0.497 e. The Hall–Kier alpha value is -1.60. The van der Waals surface area contributed by atoms with Gasteiger partial charge in [0.25, 0.3) is 0 Å². The minimum Gasteiger partial charge on any atom is -0.497 e. The first-order valence-corrected chi connectivity index (χ1v) is 6.56. The van der Waals surface area contributed by atoms with Gasteiger partial charge in [0, 0.05) is 20.1 Å². The highest BCUT2D eigenvalue weighted by atomic mass is 16.7. The average molecular weight is 302 g/mol. The van der Waals surface area contributed by atoms with Crippen molar-refractivity contribution in [2.75, 3.05) is 28.4 Å². The Morgan fingerprint density at radius 1 is 1.19 bits per heavy atom. The molecule has 0 aromatic carbocycles. The monoisotopic (exact) mass is 302 g/mol. The fourth-order valence-electron chi connectivity index (χ4n) is 2.54. The molecule has 0 N–H and O–H groups in total. The van der Waals surface area contributed by atoms with E-state index in [-0.39, 0.29) is 24.0 Å². The molecule has 7 heteroatoms. The van der Waals surface area contributed by atoms with Gasteiger partial charge in [0.15, 0.2) is 6.29 Å². The second-order valence-electron chi connectivity index (χ2n) is 4.71. The zero-order chi connectivity index (χ0) is 16.0. The molecule has 0 radical (unpaired) electrons. The number of ether oxygens (including phenoxy) is 5.